The Morgan fingerprint density at radius 2 is 1.94 bits per heavy atom. The second-order valence-electron chi connectivity index (χ2n) is 4.38. The maximum Gasteiger partial charge on any atom is 0.142 e. The molecule has 0 atom stereocenters. The molecule has 0 radical (unpaired) electrons. The smallest absolute Gasteiger partial charge is 0.142 e. The Morgan fingerprint density at radius 3 is 2.89 bits per heavy atom. The summed E-state index contributed by atoms with van der Waals surface area (Å²) in [6, 6.07) is 11.5. The van der Waals surface area contributed by atoms with Gasteiger partial charge in [-0.25, -0.2) is 4.98 Å². The van der Waals surface area contributed by atoms with Gasteiger partial charge in [0.1, 0.15) is 11.3 Å². The van der Waals surface area contributed by atoms with E-state index in [1.807, 2.05) is 36.5 Å². The van der Waals surface area contributed by atoms with Gasteiger partial charge in [0.05, 0.1) is 5.52 Å². The minimum atomic E-state index is 0.220. The lowest BCUT2D eigenvalue weighted by Crippen LogP contribution is -1.98. The molecular formula is C15H10N2O. The Morgan fingerprint density at radius 1 is 1.06 bits per heavy atom. The van der Waals surface area contributed by atoms with Gasteiger partial charge in [0.25, 0.3) is 0 Å². The van der Waals surface area contributed by atoms with Crippen LogP contribution in [0, 0.1) is 0 Å². The van der Waals surface area contributed by atoms with Gasteiger partial charge >= 0.3 is 0 Å². The molecule has 1 aliphatic rings. The Balaban J connectivity index is 2.35. The first kappa shape index (κ1) is 9.48. The summed E-state index contributed by atoms with van der Waals surface area (Å²) in [5, 5.41) is 15.3. The van der Waals surface area contributed by atoms with Crippen molar-refractivity contribution >= 4 is 33.6 Å². The van der Waals surface area contributed by atoms with Crippen LogP contribution in [-0.2, 0) is 0 Å². The lowest BCUT2D eigenvalue weighted by atomic mass is 9.99. The van der Waals surface area contributed by atoms with Crippen molar-refractivity contribution in [1.29, 1.82) is 0 Å². The van der Waals surface area contributed by atoms with E-state index in [1.54, 1.807) is 6.07 Å². The summed E-state index contributed by atoms with van der Waals surface area (Å²) in [6.45, 7) is 0. The molecule has 0 amide bonds. The standard InChI is InChI=1S/C15H10N2O/c18-13-6-5-12-14-10(7-8-16-12)9-3-1-2-4-11(9)17-15(13)14/h1-8,16,18H. The first-order chi connectivity index (χ1) is 8.84. The van der Waals surface area contributed by atoms with Crippen LogP contribution in [0.3, 0.4) is 0 Å². The van der Waals surface area contributed by atoms with E-state index in [2.05, 4.69) is 16.4 Å². The number of fused-ring (bicyclic) bond motifs is 2. The highest BCUT2D eigenvalue weighted by molar-refractivity contribution is 6.11. The van der Waals surface area contributed by atoms with Crippen LogP contribution in [-0.4, -0.2) is 10.1 Å². The van der Waals surface area contributed by atoms with E-state index >= 15 is 0 Å². The molecular weight excluding hydrogens is 224 g/mol. The number of benzene rings is 2. The zero-order valence-corrected chi connectivity index (χ0v) is 9.51. The molecule has 86 valence electrons. The van der Waals surface area contributed by atoms with Crippen molar-refractivity contribution < 1.29 is 5.11 Å². The van der Waals surface area contributed by atoms with Crippen LogP contribution in [0.4, 0.5) is 5.69 Å². The maximum atomic E-state index is 9.98. The largest absolute Gasteiger partial charge is 0.506 e. The molecule has 0 saturated carbocycles. The molecule has 3 heteroatoms. The average Bonchev–Trinajstić information content (AvgIpc) is 2.43. The fourth-order valence-corrected chi connectivity index (χ4v) is 2.53. The predicted molar refractivity (Wildman–Crippen MR) is 73.6 cm³/mol. The summed E-state index contributed by atoms with van der Waals surface area (Å²) in [4.78, 5) is 4.56. The fourth-order valence-electron chi connectivity index (χ4n) is 2.53. The van der Waals surface area contributed by atoms with E-state index in [0.717, 1.165) is 27.5 Å². The molecule has 0 saturated heterocycles. The molecule has 2 N–H and O–H groups in total. The Bertz CT molecular complexity index is 821. The Labute approximate surface area is 103 Å². The average molecular weight is 234 g/mol. The molecule has 1 aliphatic heterocycles. The number of para-hydroxylation sites is 1. The predicted octanol–water partition coefficient (Wildman–Crippen LogP) is 3.49. The number of hydrogen-bond donors (Lipinski definition) is 2. The van der Waals surface area contributed by atoms with Gasteiger partial charge in [-0.05, 0) is 29.8 Å². The van der Waals surface area contributed by atoms with Crippen LogP contribution in [0.5, 0.6) is 5.75 Å². The number of aromatic nitrogens is 1. The number of pyridine rings is 1. The molecule has 4 rings (SSSR count). The van der Waals surface area contributed by atoms with Gasteiger partial charge in [-0.2, -0.15) is 0 Å². The van der Waals surface area contributed by atoms with Crippen LogP contribution in [0.2, 0.25) is 0 Å². The van der Waals surface area contributed by atoms with Crippen molar-refractivity contribution in [1.82, 2.24) is 4.98 Å². The van der Waals surface area contributed by atoms with Gasteiger partial charge in [0.15, 0.2) is 0 Å². The summed E-state index contributed by atoms with van der Waals surface area (Å²) in [7, 11) is 0. The highest BCUT2D eigenvalue weighted by atomic mass is 16.3. The third-order valence-electron chi connectivity index (χ3n) is 3.34. The molecule has 18 heavy (non-hydrogen) atoms. The molecule has 3 aromatic rings. The van der Waals surface area contributed by atoms with Gasteiger partial charge in [-0.15, -0.1) is 0 Å². The topological polar surface area (TPSA) is 45.2 Å². The first-order valence-electron chi connectivity index (χ1n) is 5.82. The summed E-state index contributed by atoms with van der Waals surface area (Å²) in [5.41, 5.74) is 3.65. The van der Waals surface area contributed by atoms with E-state index in [9.17, 15) is 5.11 Å². The van der Waals surface area contributed by atoms with Crippen LogP contribution in [0.15, 0.2) is 42.6 Å². The number of phenolic OH excluding ortho intramolecular Hbond substituents is 1. The van der Waals surface area contributed by atoms with Gasteiger partial charge < -0.3 is 10.4 Å². The highest BCUT2D eigenvalue weighted by Crippen LogP contribution is 2.38. The molecule has 0 fully saturated rings. The monoisotopic (exact) mass is 234 g/mol. The quantitative estimate of drug-likeness (QED) is 0.462. The molecule has 2 heterocycles. The maximum absolute atomic E-state index is 9.98. The van der Waals surface area contributed by atoms with Crippen LogP contribution in [0.25, 0.3) is 27.9 Å². The van der Waals surface area contributed by atoms with Gasteiger partial charge in [-0.1, -0.05) is 18.2 Å². The van der Waals surface area contributed by atoms with Crippen molar-refractivity contribution in [2.45, 2.75) is 0 Å². The second kappa shape index (κ2) is 3.23. The minimum Gasteiger partial charge on any atom is -0.506 e. The molecule has 3 nitrogen and oxygen atoms in total. The number of nitrogens with zero attached hydrogens (tertiary/aromatic N) is 1. The first-order valence-corrected chi connectivity index (χ1v) is 5.82. The summed E-state index contributed by atoms with van der Waals surface area (Å²) >= 11 is 0. The molecule has 2 aromatic carbocycles. The number of rotatable bonds is 0. The molecule has 0 spiro atoms. The van der Waals surface area contributed by atoms with Crippen molar-refractivity contribution in [3.05, 3.63) is 48.2 Å². The van der Waals surface area contributed by atoms with Gasteiger partial charge in [0.2, 0.25) is 0 Å². The third-order valence-corrected chi connectivity index (χ3v) is 3.34. The van der Waals surface area contributed by atoms with E-state index in [1.165, 1.54) is 0 Å². The number of nitrogens with one attached hydrogen (secondary N) is 1. The number of anilines is 1. The van der Waals surface area contributed by atoms with Gasteiger partial charge in [-0.3, -0.25) is 0 Å². The SMILES string of the molecule is Oc1ccc2c3c(c4ccccc4nc13)C=CN2. The van der Waals surface area contributed by atoms with Crippen LogP contribution in [0.1, 0.15) is 5.56 Å². The summed E-state index contributed by atoms with van der Waals surface area (Å²) in [5.74, 6) is 0.220. The zero-order valence-electron chi connectivity index (χ0n) is 9.51. The van der Waals surface area contributed by atoms with Crippen molar-refractivity contribution in [2.75, 3.05) is 5.32 Å². The number of aromatic hydroxyl groups is 1. The van der Waals surface area contributed by atoms with Gasteiger partial charge in [0, 0.05) is 22.7 Å². The Hall–Kier alpha value is -2.55. The van der Waals surface area contributed by atoms with Crippen LogP contribution < -0.4 is 5.32 Å². The van der Waals surface area contributed by atoms with E-state index in [-0.39, 0.29) is 5.75 Å². The molecule has 0 bridgehead atoms. The lowest BCUT2D eigenvalue weighted by Gasteiger charge is -2.16. The number of phenols is 1. The van der Waals surface area contributed by atoms with E-state index < -0.39 is 0 Å². The molecule has 0 aliphatic carbocycles. The number of hydrogen-bond acceptors (Lipinski definition) is 3. The summed E-state index contributed by atoms with van der Waals surface area (Å²) < 4.78 is 0. The van der Waals surface area contributed by atoms with Crippen molar-refractivity contribution in [2.24, 2.45) is 0 Å². The lowest BCUT2D eigenvalue weighted by molar-refractivity contribution is 0.480. The highest BCUT2D eigenvalue weighted by Gasteiger charge is 2.15. The van der Waals surface area contributed by atoms with E-state index in [0.29, 0.717) is 5.52 Å². The Kier molecular flexibility index (Phi) is 1.70. The normalized spacial score (nSPS) is 12.9. The van der Waals surface area contributed by atoms with Crippen molar-refractivity contribution in [3.8, 4) is 5.75 Å². The minimum absolute atomic E-state index is 0.220. The second-order valence-corrected chi connectivity index (χ2v) is 4.38. The zero-order chi connectivity index (χ0) is 12.1. The fraction of sp³-hybridized carbons (Fsp3) is 0. The molecule has 0 unspecified atom stereocenters. The van der Waals surface area contributed by atoms with Crippen molar-refractivity contribution in [3.63, 3.8) is 0 Å². The third kappa shape index (κ3) is 1.10. The van der Waals surface area contributed by atoms with E-state index in [4.69, 9.17) is 0 Å². The molecule has 1 aromatic heterocycles. The van der Waals surface area contributed by atoms with Crippen LogP contribution >= 0.6 is 0 Å². The summed E-state index contributed by atoms with van der Waals surface area (Å²) in [6.07, 6.45) is 3.94.